The van der Waals surface area contributed by atoms with E-state index in [-0.39, 0.29) is 5.90 Å². The normalized spacial score (nSPS) is 9.57. The van der Waals surface area contributed by atoms with Crippen LogP contribution in [0, 0.1) is 17.2 Å². The van der Waals surface area contributed by atoms with Gasteiger partial charge in [-0.1, -0.05) is 6.07 Å². The molecule has 0 bridgehead atoms. The van der Waals surface area contributed by atoms with Crippen LogP contribution in [0.3, 0.4) is 0 Å². The smallest absolute Gasteiger partial charge is 0.213 e. The molecule has 0 aliphatic carbocycles. The van der Waals surface area contributed by atoms with E-state index in [1.165, 1.54) is 0 Å². The van der Waals surface area contributed by atoms with E-state index in [2.05, 4.69) is 5.18 Å². The summed E-state index contributed by atoms with van der Waals surface area (Å²) in [6.07, 6.45) is 0. The van der Waals surface area contributed by atoms with E-state index in [0.29, 0.717) is 17.9 Å². The van der Waals surface area contributed by atoms with Gasteiger partial charge in [0.15, 0.2) is 0 Å². The lowest BCUT2D eigenvalue weighted by molar-refractivity contribution is 0.325. The monoisotopic (exact) mass is 192 g/mol. The third-order valence-corrected chi connectivity index (χ3v) is 1.86. The van der Waals surface area contributed by atoms with Gasteiger partial charge >= 0.3 is 0 Å². The van der Waals surface area contributed by atoms with Crippen molar-refractivity contribution >= 4 is 11.6 Å². The van der Waals surface area contributed by atoms with Crippen LogP contribution in [0.2, 0.25) is 0 Å². The zero-order chi connectivity index (χ0) is 10.6. The van der Waals surface area contributed by atoms with Crippen molar-refractivity contribution < 1.29 is 4.74 Å². The molecule has 0 saturated carbocycles. The van der Waals surface area contributed by atoms with E-state index in [0.717, 1.165) is 5.56 Å². The van der Waals surface area contributed by atoms with E-state index < -0.39 is 0 Å². The second kappa shape index (κ2) is 4.50. The number of nitroso groups, excluding NO2 is 1. The lowest BCUT2D eigenvalue weighted by Crippen LogP contribution is -2.04. The standard InChI is InChI=1S/C10H12N2O2/c1-3-14-10(11)8-5-4-7(2)9(6-8)12-13/h4-6,11H,3H2,1-2H3. The number of nitrogens with zero attached hydrogens (tertiary/aromatic N) is 1. The molecule has 1 aromatic rings. The Kier molecular flexibility index (Phi) is 3.34. The van der Waals surface area contributed by atoms with Gasteiger partial charge in [-0.05, 0) is 36.7 Å². The number of rotatable bonds is 3. The highest BCUT2D eigenvalue weighted by Crippen LogP contribution is 2.19. The van der Waals surface area contributed by atoms with Crippen LogP contribution >= 0.6 is 0 Å². The summed E-state index contributed by atoms with van der Waals surface area (Å²) in [7, 11) is 0. The van der Waals surface area contributed by atoms with Gasteiger partial charge in [-0.3, -0.25) is 5.41 Å². The van der Waals surface area contributed by atoms with Crippen molar-refractivity contribution in [3.8, 4) is 0 Å². The van der Waals surface area contributed by atoms with Gasteiger partial charge < -0.3 is 4.74 Å². The minimum atomic E-state index is 0.0670. The van der Waals surface area contributed by atoms with E-state index >= 15 is 0 Å². The summed E-state index contributed by atoms with van der Waals surface area (Å²) in [5, 5.41) is 10.4. The Morgan fingerprint density at radius 2 is 2.29 bits per heavy atom. The van der Waals surface area contributed by atoms with Gasteiger partial charge in [-0.25, -0.2) is 0 Å². The fourth-order valence-corrected chi connectivity index (χ4v) is 1.08. The van der Waals surface area contributed by atoms with Crippen LogP contribution in [0.15, 0.2) is 23.4 Å². The Morgan fingerprint density at radius 3 is 2.86 bits per heavy atom. The van der Waals surface area contributed by atoms with Crippen molar-refractivity contribution in [3.05, 3.63) is 34.2 Å². The molecular weight excluding hydrogens is 180 g/mol. The van der Waals surface area contributed by atoms with Gasteiger partial charge in [0.2, 0.25) is 5.90 Å². The second-order valence-electron chi connectivity index (χ2n) is 2.85. The Balaban J connectivity index is 3.00. The summed E-state index contributed by atoms with van der Waals surface area (Å²) in [6.45, 7) is 4.04. The molecule has 0 aliphatic rings. The Hall–Kier alpha value is -1.71. The molecule has 0 aliphatic heterocycles. The minimum absolute atomic E-state index is 0.0670. The van der Waals surface area contributed by atoms with Crippen molar-refractivity contribution in [2.24, 2.45) is 5.18 Å². The van der Waals surface area contributed by atoms with Gasteiger partial charge in [-0.2, -0.15) is 0 Å². The number of ether oxygens (including phenoxy) is 1. The van der Waals surface area contributed by atoms with Gasteiger partial charge in [0, 0.05) is 5.56 Å². The molecule has 4 nitrogen and oxygen atoms in total. The predicted molar refractivity (Wildman–Crippen MR) is 55.1 cm³/mol. The van der Waals surface area contributed by atoms with Gasteiger partial charge in [-0.15, -0.1) is 4.91 Å². The summed E-state index contributed by atoms with van der Waals surface area (Å²) in [5.41, 5.74) is 1.73. The maximum Gasteiger partial charge on any atom is 0.213 e. The predicted octanol–water partition coefficient (Wildman–Crippen LogP) is 2.75. The van der Waals surface area contributed by atoms with Crippen molar-refractivity contribution in [3.63, 3.8) is 0 Å². The topological polar surface area (TPSA) is 62.5 Å². The summed E-state index contributed by atoms with van der Waals surface area (Å²) in [6, 6.07) is 5.04. The molecule has 0 aromatic heterocycles. The minimum Gasteiger partial charge on any atom is -0.478 e. The first-order chi connectivity index (χ1) is 6.69. The summed E-state index contributed by atoms with van der Waals surface area (Å²) in [4.78, 5) is 10.4. The van der Waals surface area contributed by atoms with Crippen molar-refractivity contribution in [2.45, 2.75) is 13.8 Å². The summed E-state index contributed by atoms with van der Waals surface area (Å²) in [5.74, 6) is 0.0670. The fraction of sp³-hybridized carbons (Fsp3) is 0.300. The third-order valence-electron chi connectivity index (χ3n) is 1.86. The zero-order valence-electron chi connectivity index (χ0n) is 8.20. The molecule has 4 heteroatoms. The number of aryl methyl sites for hydroxylation is 1. The molecule has 14 heavy (non-hydrogen) atoms. The molecule has 0 unspecified atom stereocenters. The first-order valence-corrected chi connectivity index (χ1v) is 4.34. The molecule has 1 aromatic carbocycles. The maximum absolute atomic E-state index is 10.4. The van der Waals surface area contributed by atoms with Crippen molar-refractivity contribution in [2.75, 3.05) is 6.61 Å². The summed E-state index contributed by atoms with van der Waals surface area (Å²) < 4.78 is 5.01. The first-order valence-electron chi connectivity index (χ1n) is 4.34. The van der Waals surface area contributed by atoms with E-state index in [4.69, 9.17) is 10.1 Å². The second-order valence-corrected chi connectivity index (χ2v) is 2.85. The Labute approximate surface area is 82.4 Å². The number of benzene rings is 1. The third kappa shape index (κ3) is 2.16. The van der Waals surface area contributed by atoms with Crippen LogP contribution in [-0.2, 0) is 4.74 Å². The van der Waals surface area contributed by atoms with Gasteiger partial charge in [0.1, 0.15) is 5.69 Å². The number of hydrogen-bond acceptors (Lipinski definition) is 4. The Bertz CT molecular complexity index is 361. The van der Waals surface area contributed by atoms with E-state index in [9.17, 15) is 4.91 Å². The van der Waals surface area contributed by atoms with Crippen molar-refractivity contribution in [1.29, 1.82) is 5.41 Å². The van der Waals surface area contributed by atoms with Crippen LogP contribution in [0.5, 0.6) is 0 Å². The molecule has 0 amide bonds. The molecule has 0 heterocycles. The summed E-state index contributed by atoms with van der Waals surface area (Å²) >= 11 is 0. The van der Waals surface area contributed by atoms with Gasteiger partial charge in [0.05, 0.1) is 6.61 Å². The molecule has 1 rings (SSSR count). The van der Waals surface area contributed by atoms with Crippen LogP contribution in [0.25, 0.3) is 0 Å². The molecule has 0 saturated heterocycles. The first kappa shape index (κ1) is 10.4. The average Bonchev–Trinajstić information content (AvgIpc) is 2.19. The van der Waals surface area contributed by atoms with Crippen LogP contribution in [0.1, 0.15) is 18.1 Å². The molecular formula is C10H12N2O2. The van der Waals surface area contributed by atoms with Crippen LogP contribution in [0.4, 0.5) is 5.69 Å². The highest BCUT2D eigenvalue weighted by Gasteiger charge is 2.05. The largest absolute Gasteiger partial charge is 0.478 e. The SMILES string of the molecule is CCOC(=N)c1ccc(C)c(N=O)c1. The maximum atomic E-state index is 10.4. The zero-order valence-corrected chi connectivity index (χ0v) is 8.20. The quantitative estimate of drug-likeness (QED) is 0.454. The van der Waals surface area contributed by atoms with E-state index in [1.54, 1.807) is 25.1 Å². The molecule has 74 valence electrons. The fourth-order valence-electron chi connectivity index (χ4n) is 1.08. The molecule has 1 N–H and O–H groups in total. The Morgan fingerprint density at radius 1 is 1.57 bits per heavy atom. The molecule has 0 radical (unpaired) electrons. The highest BCUT2D eigenvalue weighted by atomic mass is 16.5. The molecule has 0 fully saturated rings. The van der Waals surface area contributed by atoms with Crippen molar-refractivity contribution in [1.82, 2.24) is 0 Å². The van der Waals surface area contributed by atoms with Crippen LogP contribution in [-0.4, -0.2) is 12.5 Å². The molecule has 0 atom stereocenters. The van der Waals surface area contributed by atoms with E-state index in [1.807, 2.05) is 6.92 Å². The van der Waals surface area contributed by atoms with Gasteiger partial charge in [0.25, 0.3) is 0 Å². The lowest BCUT2D eigenvalue weighted by atomic mass is 10.1. The number of nitrogens with one attached hydrogen (secondary N) is 1. The highest BCUT2D eigenvalue weighted by molar-refractivity contribution is 5.92. The average molecular weight is 192 g/mol. The molecule has 0 spiro atoms. The lowest BCUT2D eigenvalue weighted by Gasteiger charge is -2.05. The number of hydrogen-bond donors (Lipinski definition) is 1. The van der Waals surface area contributed by atoms with Crippen LogP contribution < -0.4 is 0 Å².